The van der Waals surface area contributed by atoms with E-state index in [2.05, 4.69) is 31.5 Å². The fourth-order valence-corrected chi connectivity index (χ4v) is 3.44. The molecule has 2 unspecified atom stereocenters. The molecule has 19 heavy (non-hydrogen) atoms. The van der Waals surface area contributed by atoms with Gasteiger partial charge in [-0.25, -0.2) is 0 Å². The molecule has 112 valence electrons. The molecular formula is C18H35N. The molecule has 1 nitrogen and oxygen atoms in total. The normalized spacial score (nSPS) is 23.9. The molecule has 0 saturated carbocycles. The van der Waals surface area contributed by atoms with E-state index in [4.69, 9.17) is 0 Å². The van der Waals surface area contributed by atoms with Gasteiger partial charge >= 0.3 is 0 Å². The Hall–Kier alpha value is -0.300. The van der Waals surface area contributed by atoms with Crippen LogP contribution in [0.25, 0.3) is 0 Å². The highest BCUT2D eigenvalue weighted by molar-refractivity contribution is 4.85. The van der Waals surface area contributed by atoms with Gasteiger partial charge in [-0.15, -0.1) is 6.58 Å². The molecule has 1 saturated heterocycles. The first-order valence-electron chi connectivity index (χ1n) is 8.62. The lowest BCUT2D eigenvalue weighted by Crippen LogP contribution is -2.32. The van der Waals surface area contributed by atoms with Gasteiger partial charge in [0.2, 0.25) is 0 Å². The zero-order valence-electron chi connectivity index (χ0n) is 13.4. The largest absolute Gasteiger partial charge is 0.300 e. The van der Waals surface area contributed by atoms with E-state index in [0.29, 0.717) is 0 Å². The summed E-state index contributed by atoms with van der Waals surface area (Å²) in [6, 6.07) is 1.75. The van der Waals surface area contributed by atoms with Crippen molar-refractivity contribution in [3.8, 4) is 0 Å². The summed E-state index contributed by atoms with van der Waals surface area (Å²) >= 11 is 0. The predicted molar refractivity (Wildman–Crippen MR) is 86.6 cm³/mol. The fraction of sp³-hybridized carbons (Fsp3) is 0.889. The van der Waals surface area contributed by atoms with Gasteiger partial charge in [-0.3, -0.25) is 0 Å². The van der Waals surface area contributed by atoms with Crippen LogP contribution in [-0.4, -0.2) is 24.0 Å². The van der Waals surface area contributed by atoms with E-state index in [1.165, 1.54) is 77.0 Å². The summed E-state index contributed by atoms with van der Waals surface area (Å²) in [5.41, 5.74) is 0. The van der Waals surface area contributed by atoms with Crippen LogP contribution in [0.5, 0.6) is 0 Å². The minimum atomic E-state index is 0.866. The highest BCUT2D eigenvalue weighted by atomic mass is 15.2. The number of unbranched alkanes of at least 4 members (excludes halogenated alkanes) is 6. The Bertz CT molecular complexity index is 224. The topological polar surface area (TPSA) is 3.24 Å². The maximum Gasteiger partial charge on any atom is 0.00957 e. The summed E-state index contributed by atoms with van der Waals surface area (Å²) in [5, 5.41) is 0. The Morgan fingerprint density at radius 1 is 0.947 bits per heavy atom. The molecule has 2 atom stereocenters. The van der Waals surface area contributed by atoms with Gasteiger partial charge in [0, 0.05) is 12.1 Å². The van der Waals surface area contributed by atoms with Crippen LogP contribution in [0.15, 0.2) is 12.7 Å². The SMILES string of the molecule is C=CCCCCC1CCC(CCCCCCC)N1C. The lowest BCUT2D eigenvalue weighted by molar-refractivity contribution is 0.216. The van der Waals surface area contributed by atoms with Crippen molar-refractivity contribution in [1.29, 1.82) is 0 Å². The average molecular weight is 265 g/mol. The Balaban J connectivity index is 2.08. The molecule has 1 aliphatic rings. The number of likely N-dealkylation sites (tertiary alicyclic amines) is 1. The minimum absolute atomic E-state index is 0.866. The summed E-state index contributed by atoms with van der Waals surface area (Å²) in [6.07, 6.45) is 18.8. The van der Waals surface area contributed by atoms with Gasteiger partial charge < -0.3 is 4.90 Å². The van der Waals surface area contributed by atoms with Crippen LogP contribution in [0, 0.1) is 0 Å². The molecule has 0 N–H and O–H groups in total. The Morgan fingerprint density at radius 3 is 2.11 bits per heavy atom. The van der Waals surface area contributed by atoms with Crippen LogP contribution in [0.2, 0.25) is 0 Å². The van der Waals surface area contributed by atoms with Gasteiger partial charge in [-0.2, -0.15) is 0 Å². The molecule has 1 rings (SSSR count). The molecule has 1 heterocycles. The summed E-state index contributed by atoms with van der Waals surface area (Å²) in [6.45, 7) is 6.09. The van der Waals surface area contributed by atoms with Gasteiger partial charge in [-0.1, -0.05) is 51.5 Å². The molecule has 0 radical (unpaired) electrons. The summed E-state index contributed by atoms with van der Waals surface area (Å²) in [5.74, 6) is 0. The van der Waals surface area contributed by atoms with Crippen molar-refractivity contribution in [3.63, 3.8) is 0 Å². The maximum absolute atomic E-state index is 3.80. The molecular weight excluding hydrogens is 230 g/mol. The van der Waals surface area contributed by atoms with E-state index < -0.39 is 0 Å². The van der Waals surface area contributed by atoms with Gasteiger partial charge in [0.1, 0.15) is 0 Å². The molecule has 1 fully saturated rings. The van der Waals surface area contributed by atoms with Crippen LogP contribution in [0.3, 0.4) is 0 Å². The number of hydrogen-bond donors (Lipinski definition) is 0. The molecule has 0 aromatic heterocycles. The second-order valence-electron chi connectivity index (χ2n) is 6.33. The quantitative estimate of drug-likeness (QED) is 0.349. The Morgan fingerprint density at radius 2 is 1.53 bits per heavy atom. The zero-order valence-corrected chi connectivity index (χ0v) is 13.4. The lowest BCUT2D eigenvalue weighted by Gasteiger charge is -2.26. The molecule has 1 aliphatic heterocycles. The Kier molecular flexibility index (Phi) is 9.24. The zero-order chi connectivity index (χ0) is 13.9. The van der Waals surface area contributed by atoms with Crippen molar-refractivity contribution >= 4 is 0 Å². The van der Waals surface area contributed by atoms with E-state index in [-0.39, 0.29) is 0 Å². The van der Waals surface area contributed by atoms with Crippen LogP contribution in [-0.2, 0) is 0 Å². The van der Waals surface area contributed by atoms with E-state index in [1.54, 1.807) is 0 Å². The second-order valence-corrected chi connectivity index (χ2v) is 6.33. The third kappa shape index (κ3) is 6.61. The molecule has 0 aliphatic carbocycles. The molecule has 0 amide bonds. The highest BCUT2D eigenvalue weighted by Crippen LogP contribution is 2.29. The third-order valence-corrected chi connectivity index (χ3v) is 4.82. The molecule has 1 heteroatoms. The standard InChI is InChI=1S/C18H35N/c1-4-6-8-10-12-14-18-16-15-17(19(18)3)13-11-9-7-5-2/h5,17-18H,2,4,6-16H2,1,3H3. The van der Waals surface area contributed by atoms with E-state index in [0.717, 1.165) is 12.1 Å². The molecule has 0 spiro atoms. The molecule has 0 aromatic rings. The molecule has 0 bridgehead atoms. The third-order valence-electron chi connectivity index (χ3n) is 4.82. The smallest absolute Gasteiger partial charge is 0.00957 e. The van der Waals surface area contributed by atoms with Gasteiger partial charge in [0.25, 0.3) is 0 Å². The number of nitrogens with zero attached hydrogens (tertiary/aromatic N) is 1. The van der Waals surface area contributed by atoms with Gasteiger partial charge in [-0.05, 0) is 45.6 Å². The summed E-state index contributed by atoms with van der Waals surface area (Å²) < 4.78 is 0. The Labute approximate surface area is 121 Å². The minimum Gasteiger partial charge on any atom is -0.300 e. The molecule has 0 aromatic carbocycles. The van der Waals surface area contributed by atoms with Crippen LogP contribution in [0.1, 0.15) is 84.0 Å². The fourth-order valence-electron chi connectivity index (χ4n) is 3.44. The van der Waals surface area contributed by atoms with Crippen molar-refractivity contribution in [3.05, 3.63) is 12.7 Å². The van der Waals surface area contributed by atoms with Crippen molar-refractivity contribution in [1.82, 2.24) is 4.90 Å². The first-order valence-corrected chi connectivity index (χ1v) is 8.62. The summed E-state index contributed by atoms with van der Waals surface area (Å²) in [7, 11) is 2.36. The van der Waals surface area contributed by atoms with E-state index >= 15 is 0 Å². The van der Waals surface area contributed by atoms with E-state index in [1.807, 2.05) is 0 Å². The lowest BCUT2D eigenvalue weighted by atomic mass is 10.0. The van der Waals surface area contributed by atoms with Crippen molar-refractivity contribution in [2.75, 3.05) is 7.05 Å². The van der Waals surface area contributed by atoms with Crippen molar-refractivity contribution in [2.24, 2.45) is 0 Å². The van der Waals surface area contributed by atoms with Crippen LogP contribution >= 0.6 is 0 Å². The monoisotopic (exact) mass is 265 g/mol. The van der Waals surface area contributed by atoms with Crippen LogP contribution in [0.4, 0.5) is 0 Å². The first-order chi connectivity index (χ1) is 9.29. The maximum atomic E-state index is 3.80. The van der Waals surface area contributed by atoms with E-state index in [9.17, 15) is 0 Å². The first kappa shape index (κ1) is 16.8. The van der Waals surface area contributed by atoms with Crippen molar-refractivity contribution < 1.29 is 0 Å². The predicted octanol–water partition coefficient (Wildman–Crippen LogP) is 5.56. The van der Waals surface area contributed by atoms with Crippen LogP contribution < -0.4 is 0 Å². The number of rotatable bonds is 11. The average Bonchev–Trinajstić information content (AvgIpc) is 2.76. The van der Waals surface area contributed by atoms with Crippen molar-refractivity contribution in [2.45, 2.75) is 96.1 Å². The number of allylic oxidation sites excluding steroid dienone is 1. The highest BCUT2D eigenvalue weighted by Gasteiger charge is 2.28. The van der Waals surface area contributed by atoms with Gasteiger partial charge in [0.15, 0.2) is 0 Å². The summed E-state index contributed by atoms with van der Waals surface area (Å²) in [4.78, 5) is 2.69. The van der Waals surface area contributed by atoms with Gasteiger partial charge in [0.05, 0.1) is 0 Å². The number of hydrogen-bond acceptors (Lipinski definition) is 1. The second kappa shape index (κ2) is 10.5.